The number of hydrogen-bond donors (Lipinski definition) is 0. The standard InChI is InChI=1S/C89H66N2O2/c1-87(2,3)61-41-47-77-75(53-61)76-54-62(88(4,5)6)42-48-78(76)89(77)83-67-43-37-57(55-21-17-27-65(51-55)90(63-23-9-7-10-24-63)79-33-19-31-73-69-29-13-15-35-81(69)92-85(73)79)49-59(67)39-45-71(83)72-46-40-60-50-58(38-44-68(60)84(72)89)56-22-18-28-66(52-56)91(64-25-11-8-12-26-64)80-34-20-32-74-70-30-14-16-36-82(70)93-86(74)80/h7-54H,1-6H3. The van der Waals surface area contributed by atoms with Crippen molar-refractivity contribution in [2.75, 3.05) is 9.80 Å². The number of anilines is 6. The number of furan rings is 2. The molecule has 2 heterocycles. The lowest BCUT2D eigenvalue weighted by Gasteiger charge is -2.33. The molecule has 0 bridgehead atoms. The molecule has 0 radical (unpaired) electrons. The average molecular weight is 1200 g/mol. The quantitative estimate of drug-likeness (QED) is 0.152. The molecule has 18 rings (SSSR count). The first-order chi connectivity index (χ1) is 45.4. The minimum Gasteiger partial charge on any atom is -0.454 e. The van der Waals surface area contributed by atoms with E-state index in [1.807, 2.05) is 12.1 Å². The molecule has 0 N–H and O–H groups in total. The summed E-state index contributed by atoms with van der Waals surface area (Å²) in [5.74, 6) is 0. The molecule has 0 aliphatic heterocycles. The number of para-hydroxylation sites is 6. The molecular formula is C89H66N2O2. The fourth-order valence-corrected chi connectivity index (χ4v) is 15.7. The summed E-state index contributed by atoms with van der Waals surface area (Å²) in [6.07, 6.45) is 0. The van der Waals surface area contributed by atoms with E-state index in [-0.39, 0.29) is 10.8 Å². The van der Waals surface area contributed by atoms with Crippen molar-refractivity contribution in [1.29, 1.82) is 0 Å². The molecule has 16 aromatic rings. The van der Waals surface area contributed by atoms with Gasteiger partial charge in [-0.25, -0.2) is 0 Å². The van der Waals surface area contributed by atoms with E-state index >= 15 is 0 Å². The summed E-state index contributed by atoms with van der Waals surface area (Å²) >= 11 is 0. The van der Waals surface area contributed by atoms with Crippen LogP contribution in [0, 0.1) is 0 Å². The molecule has 4 heteroatoms. The molecule has 2 aliphatic rings. The summed E-state index contributed by atoms with van der Waals surface area (Å²) in [7, 11) is 0. The van der Waals surface area contributed by atoms with Crippen molar-refractivity contribution >= 4 is 99.5 Å². The maximum Gasteiger partial charge on any atom is 0.159 e. The fraction of sp³-hybridized carbons (Fsp3) is 0.101. The lowest BCUT2D eigenvalue weighted by molar-refractivity contribution is 0.589. The maximum absolute atomic E-state index is 6.71. The summed E-state index contributed by atoms with van der Waals surface area (Å²) in [5.41, 5.74) is 26.7. The molecule has 0 unspecified atom stereocenters. The Morgan fingerprint density at radius 1 is 0.280 bits per heavy atom. The van der Waals surface area contributed by atoms with Crippen molar-refractivity contribution in [3.63, 3.8) is 0 Å². The SMILES string of the molecule is CC(C)(C)c1ccc2c(c1)-c1cc(C(C)(C)C)ccc1C21c2c(ccc3cc(-c4cccc(N(c5ccccc5)c5cccc6c5oc5ccccc56)c4)ccc23)-c2ccc3cc(-c4cccc(N(c5ccccc5)c5cccc6c5oc5ccccc56)c4)ccc3c21. The molecule has 93 heavy (non-hydrogen) atoms. The third-order valence-corrected chi connectivity index (χ3v) is 20.1. The zero-order valence-corrected chi connectivity index (χ0v) is 52.9. The van der Waals surface area contributed by atoms with Gasteiger partial charge < -0.3 is 18.6 Å². The molecule has 1 spiro atoms. The van der Waals surface area contributed by atoms with Gasteiger partial charge in [0, 0.05) is 44.3 Å². The van der Waals surface area contributed by atoms with Gasteiger partial charge in [-0.3, -0.25) is 0 Å². The van der Waals surface area contributed by atoms with E-state index in [2.05, 4.69) is 330 Å². The summed E-state index contributed by atoms with van der Waals surface area (Å²) in [6.45, 7) is 14.0. The second-order valence-corrected chi connectivity index (χ2v) is 27.6. The predicted molar refractivity (Wildman–Crippen MR) is 390 cm³/mol. The van der Waals surface area contributed by atoms with Crippen LogP contribution in [0.3, 0.4) is 0 Å². The second-order valence-electron chi connectivity index (χ2n) is 27.6. The third kappa shape index (κ3) is 8.37. The zero-order valence-electron chi connectivity index (χ0n) is 52.9. The molecule has 2 aliphatic carbocycles. The van der Waals surface area contributed by atoms with Crippen molar-refractivity contribution in [2.24, 2.45) is 0 Å². The van der Waals surface area contributed by atoms with E-state index < -0.39 is 5.41 Å². The first-order valence-electron chi connectivity index (χ1n) is 32.5. The van der Waals surface area contributed by atoms with Crippen LogP contribution >= 0.6 is 0 Å². The fourth-order valence-electron chi connectivity index (χ4n) is 15.7. The third-order valence-electron chi connectivity index (χ3n) is 20.1. The molecule has 444 valence electrons. The molecule has 2 aromatic heterocycles. The van der Waals surface area contributed by atoms with Gasteiger partial charge in [-0.1, -0.05) is 248 Å². The minimum absolute atomic E-state index is 0.0589. The van der Waals surface area contributed by atoms with Crippen LogP contribution in [-0.4, -0.2) is 0 Å². The van der Waals surface area contributed by atoms with Gasteiger partial charge in [-0.15, -0.1) is 0 Å². The van der Waals surface area contributed by atoms with Crippen LogP contribution in [-0.2, 0) is 16.2 Å². The maximum atomic E-state index is 6.71. The summed E-state index contributed by atoms with van der Waals surface area (Å²) in [6, 6.07) is 108. The monoisotopic (exact) mass is 1190 g/mol. The number of nitrogens with zero attached hydrogens (tertiary/aromatic N) is 2. The Kier molecular flexibility index (Phi) is 12.0. The highest BCUT2D eigenvalue weighted by molar-refractivity contribution is 6.13. The van der Waals surface area contributed by atoms with Gasteiger partial charge in [0.15, 0.2) is 11.2 Å². The molecule has 4 nitrogen and oxygen atoms in total. The Hall–Kier alpha value is -11.2. The van der Waals surface area contributed by atoms with Crippen LogP contribution in [0.4, 0.5) is 34.1 Å². The van der Waals surface area contributed by atoms with E-state index in [1.165, 1.54) is 77.2 Å². The smallest absolute Gasteiger partial charge is 0.159 e. The largest absolute Gasteiger partial charge is 0.454 e. The molecule has 0 amide bonds. The Bertz CT molecular complexity index is 5380. The normalized spacial score (nSPS) is 13.1. The van der Waals surface area contributed by atoms with E-state index in [4.69, 9.17) is 8.83 Å². The molecule has 0 saturated carbocycles. The Morgan fingerprint density at radius 3 is 1.11 bits per heavy atom. The summed E-state index contributed by atoms with van der Waals surface area (Å²) in [5, 5.41) is 9.34. The van der Waals surface area contributed by atoms with Gasteiger partial charge >= 0.3 is 0 Å². The van der Waals surface area contributed by atoms with Crippen LogP contribution in [0.5, 0.6) is 0 Å². The molecule has 0 saturated heterocycles. The zero-order chi connectivity index (χ0) is 62.5. The predicted octanol–water partition coefficient (Wildman–Crippen LogP) is 25.0. The van der Waals surface area contributed by atoms with Crippen LogP contribution < -0.4 is 9.80 Å². The van der Waals surface area contributed by atoms with Crippen molar-refractivity contribution in [3.05, 3.63) is 325 Å². The van der Waals surface area contributed by atoms with Gasteiger partial charge in [-0.05, 0) is 195 Å². The van der Waals surface area contributed by atoms with Gasteiger partial charge in [0.2, 0.25) is 0 Å². The van der Waals surface area contributed by atoms with Crippen molar-refractivity contribution < 1.29 is 8.83 Å². The van der Waals surface area contributed by atoms with E-state index in [0.29, 0.717) is 0 Å². The Morgan fingerprint density at radius 2 is 0.667 bits per heavy atom. The summed E-state index contributed by atoms with van der Waals surface area (Å²) < 4.78 is 13.4. The van der Waals surface area contributed by atoms with E-state index in [9.17, 15) is 0 Å². The molecular weight excluding hydrogens is 1130 g/mol. The van der Waals surface area contributed by atoms with Crippen molar-refractivity contribution in [2.45, 2.75) is 57.8 Å². The van der Waals surface area contributed by atoms with Gasteiger partial charge in [-0.2, -0.15) is 0 Å². The van der Waals surface area contributed by atoms with Crippen molar-refractivity contribution in [3.8, 4) is 44.5 Å². The lowest BCUT2D eigenvalue weighted by atomic mass is 9.67. The van der Waals surface area contributed by atoms with Crippen LogP contribution in [0.15, 0.2) is 300 Å². The van der Waals surface area contributed by atoms with E-state index in [0.717, 1.165) is 100 Å². The number of rotatable bonds is 8. The van der Waals surface area contributed by atoms with Crippen LogP contribution in [0.2, 0.25) is 0 Å². The molecule has 0 fully saturated rings. The number of fused-ring (bicyclic) bond motifs is 20. The highest BCUT2D eigenvalue weighted by Crippen LogP contribution is 2.66. The minimum atomic E-state index is -0.647. The molecule has 0 atom stereocenters. The van der Waals surface area contributed by atoms with Crippen molar-refractivity contribution in [1.82, 2.24) is 0 Å². The Balaban J connectivity index is 0.813. The first-order valence-corrected chi connectivity index (χ1v) is 32.5. The second kappa shape index (κ2) is 20.4. The van der Waals surface area contributed by atoms with Crippen LogP contribution in [0.25, 0.3) is 110 Å². The molecule has 14 aromatic carbocycles. The van der Waals surface area contributed by atoms with Gasteiger partial charge in [0.25, 0.3) is 0 Å². The number of benzene rings is 14. The van der Waals surface area contributed by atoms with Gasteiger partial charge in [0.1, 0.15) is 11.2 Å². The topological polar surface area (TPSA) is 32.8 Å². The van der Waals surface area contributed by atoms with Gasteiger partial charge in [0.05, 0.1) is 16.8 Å². The van der Waals surface area contributed by atoms with Crippen LogP contribution in [0.1, 0.15) is 74.9 Å². The average Bonchev–Trinajstić information content (AvgIpc) is 1.49. The van der Waals surface area contributed by atoms with E-state index in [1.54, 1.807) is 0 Å². The Labute approximate surface area is 541 Å². The first kappa shape index (κ1) is 54.7. The summed E-state index contributed by atoms with van der Waals surface area (Å²) in [4.78, 5) is 4.67. The highest BCUT2D eigenvalue weighted by atomic mass is 16.3. The lowest BCUT2D eigenvalue weighted by Crippen LogP contribution is -2.27. The highest BCUT2D eigenvalue weighted by Gasteiger charge is 2.54. The number of hydrogen-bond acceptors (Lipinski definition) is 4.